The van der Waals surface area contributed by atoms with E-state index in [1.54, 1.807) is 6.07 Å². The van der Waals surface area contributed by atoms with Crippen LogP contribution in [0, 0.1) is 6.07 Å². The van der Waals surface area contributed by atoms with Crippen molar-refractivity contribution in [2.24, 2.45) is 0 Å². The van der Waals surface area contributed by atoms with Gasteiger partial charge in [-0.15, -0.1) is 0 Å². The Morgan fingerprint density at radius 1 is 1.25 bits per heavy atom. The van der Waals surface area contributed by atoms with E-state index in [2.05, 4.69) is 27.0 Å². The van der Waals surface area contributed by atoms with Crippen molar-refractivity contribution in [3.63, 3.8) is 0 Å². The van der Waals surface area contributed by atoms with E-state index in [-0.39, 0.29) is 0 Å². The van der Waals surface area contributed by atoms with E-state index in [4.69, 9.17) is 11.6 Å². The summed E-state index contributed by atoms with van der Waals surface area (Å²) in [5.41, 5.74) is 0.789. The molecule has 2 rings (SSSR count). The van der Waals surface area contributed by atoms with Gasteiger partial charge < -0.3 is 0 Å². The van der Waals surface area contributed by atoms with Crippen molar-refractivity contribution >= 4 is 38.4 Å². The predicted molar refractivity (Wildman–Crippen MR) is 53.3 cm³/mol. The molecule has 0 saturated heterocycles. The average molecular weight is 241 g/mol. The molecule has 0 atom stereocenters. The maximum Gasteiger partial charge on any atom is 0.129 e. The van der Waals surface area contributed by atoms with Crippen molar-refractivity contribution in [3.05, 3.63) is 40.0 Å². The number of pyridine rings is 1. The van der Waals surface area contributed by atoms with Crippen LogP contribution in [0.2, 0.25) is 5.15 Å². The van der Waals surface area contributed by atoms with Gasteiger partial charge in [-0.1, -0.05) is 33.6 Å². The van der Waals surface area contributed by atoms with Crippen LogP contribution in [-0.2, 0) is 0 Å². The third-order valence-electron chi connectivity index (χ3n) is 1.54. The number of aromatic nitrogens is 1. The van der Waals surface area contributed by atoms with E-state index < -0.39 is 0 Å². The monoisotopic (exact) mass is 240 g/mol. The first kappa shape index (κ1) is 8.02. The number of rotatable bonds is 0. The van der Waals surface area contributed by atoms with Gasteiger partial charge in [0, 0.05) is 15.9 Å². The highest BCUT2D eigenvalue weighted by molar-refractivity contribution is 9.10. The Kier molecular flexibility index (Phi) is 2.03. The molecule has 0 amide bonds. The fourth-order valence-corrected chi connectivity index (χ4v) is 1.47. The minimum absolute atomic E-state index is 0.497. The third kappa shape index (κ3) is 1.45. The maximum absolute atomic E-state index is 5.72. The van der Waals surface area contributed by atoms with E-state index in [1.165, 1.54) is 0 Å². The SMILES string of the molecule is Clc1ccc2ccc(Br)[c]c2n1. The average Bonchev–Trinajstić information content (AvgIpc) is 2.03. The molecule has 59 valence electrons. The van der Waals surface area contributed by atoms with Crippen LogP contribution in [0.25, 0.3) is 10.9 Å². The zero-order valence-electron chi connectivity index (χ0n) is 6.01. The second-order valence-corrected chi connectivity index (χ2v) is 3.62. The standard InChI is InChI=1S/C9H4BrClN/c10-7-3-1-6-2-4-9(11)12-8(6)5-7/h1-4H. The van der Waals surface area contributed by atoms with Gasteiger partial charge >= 0.3 is 0 Å². The first-order chi connectivity index (χ1) is 5.75. The smallest absolute Gasteiger partial charge is 0.129 e. The van der Waals surface area contributed by atoms with Gasteiger partial charge in [0.05, 0.1) is 5.52 Å². The van der Waals surface area contributed by atoms with Gasteiger partial charge in [0.15, 0.2) is 0 Å². The van der Waals surface area contributed by atoms with E-state index in [0.717, 1.165) is 15.4 Å². The molecule has 12 heavy (non-hydrogen) atoms. The summed E-state index contributed by atoms with van der Waals surface area (Å²) in [5, 5.41) is 1.54. The topological polar surface area (TPSA) is 12.9 Å². The van der Waals surface area contributed by atoms with Gasteiger partial charge in [-0.25, -0.2) is 4.98 Å². The molecule has 3 heteroatoms. The quantitative estimate of drug-likeness (QED) is 0.644. The molecule has 0 spiro atoms. The molecule has 2 aromatic rings. The van der Waals surface area contributed by atoms with Gasteiger partial charge in [-0.05, 0) is 18.2 Å². The van der Waals surface area contributed by atoms with Crippen LogP contribution < -0.4 is 0 Å². The van der Waals surface area contributed by atoms with Crippen LogP contribution >= 0.6 is 27.5 Å². The highest BCUT2D eigenvalue weighted by Crippen LogP contribution is 2.18. The molecule has 1 radical (unpaired) electrons. The number of benzene rings is 1. The lowest BCUT2D eigenvalue weighted by Crippen LogP contribution is -1.79. The van der Waals surface area contributed by atoms with Crippen molar-refractivity contribution in [2.75, 3.05) is 0 Å². The van der Waals surface area contributed by atoms with Crippen molar-refractivity contribution in [1.82, 2.24) is 4.98 Å². The minimum Gasteiger partial charge on any atom is -0.235 e. The van der Waals surface area contributed by atoms with Gasteiger partial charge in [0.25, 0.3) is 0 Å². The Morgan fingerprint density at radius 3 is 2.83 bits per heavy atom. The normalized spacial score (nSPS) is 10.5. The van der Waals surface area contributed by atoms with E-state index in [9.17, 15) is 0 Å². The molecule has 1 heterocycles. The van der Waals surface area contributed by atoms with Crippen LogP contribution in [0.15, 0.2) is 28.7 Å². The Hall–Kier alpha value is -0.600. The second-order valence-electron chi connectivity index (χ2n) is 2.38. The number of hydrogen-bond donors (Lipinski definition) is 0. The van der Waals surface area contributed by atoms with Crippen molar-refractivity contribution < 1.29 is 0 Å². The number of halogens is 2. The molecule has 0 N–H and O–H groups in total. The van der Waals surface area contributed by atoms with Gasteiger partial charge in [0.2, 0.25) is 0 Å². The molecule has 1 nitrogen and oxygen atoms in total. The molecular formula is C9H4BrClN. The molecule has 0 bridgehead atoms. The zero-order valence-corrected chi connectivity index (χ0v) is 8.35. The summed E-state index contributed by atoms with van der Waals surface area (Å²) in [5.74, 6) is 0. The lowest BCUT2D eigenvalue weighted by atomic mass is 10.2. The van der Waals surface area contributed by atoms with Crippen LogP contribution in [0.5, 0.6) is 0 Å². The predicted octanol–water partition coefficient (Wildman–Crippen LogP) is 3.45. The Labute approximate surface area is 83.5 Å². The third-order valence-corrected chi connectivity index (χ3v) is 2.21. The summed E-state index contributed by atoms with van der Waals surface area (Å²) in [4.78, 5) is 4.12. The highest BCUT2D eigenvalue weighted by atomic mass is 79.9. The molecule has 1 aromatic carbocycles. The van der Waals surface area contributed by atoms with Gasteiger partial charge in [-0.2, -0.15) is 0 Å². The van der Waals surface area contributed by atoms with Crippen LogP contribution in [0.3, 0.4) is 0 Å². The Balaban J connectivity index is 2.80. The zero-order chi connectivity index (χ0) is 8.55. The highest BCUT2D eigenvalue weighted by Gasteiger charge is 1.96. The lowest BCUT2D eigenvalue weighted by Gasteiger charge is -1.96. The number of fused-ring (bicyclic) bond motifs is 1. The molecule has 0 saturated carbocycles. The van der Waals surface area contributed by atoms with Crippen molar-refractivity contribution in [2.45, 2.75) is 0 Å². The fraction of sp³-hybridized carbons (Fsp3) is 0. The van der Waals surface area contributed by atoms with Crippen LogP contribution in [-0.4, -0.2) is 4.98 Å². The largest absolute Gasteiger partial charge is 0.235 e. The summed E-state index contributed by atoms with van der Waals surface area (Å²) >= 11 is 9.04. The van der Waals surface area contributed by atoms with E-state index in [1.807, 2.05) is 18.2 Å². The number of hydrogen-bond acceptors (Lipinski definition) is 1. The first-order valence-corrected chi connectivity index (χ1v) is 4.57. The molecular weight excluding hydrogens is 237 g/mol. The number of nitrogens with zero attached hydrogens (tertiary/aromatic N) is 1. The molecule has 0 aliphatic rings. The van der Waals surface area contributed by atoms with E-state index >= 15 is 0 Å². The Bertz CT molecular complexity index is 391. The lowest BCUT2D eigenvalue weighted by molar-refractivity contribution is 1.40. The van der Waals surface area contributed by atoms with Gasteiger partial charge in [-0.3, -0.25) is 0 Å². The summed E-state index contributed by atoms with van der Waals surface area (Å²) < 4.78 is 0.893. The second kappa shape index (κ2) is 3.04. The van der Waals surface area contributed by atoms with Gasteiger partial charge in [0.1, 0.15) is 5.15 Å². The Morgan fingerprint density at radius 2 is 2.00 bits per heavy atom. The van der Waals surface area contributed by atoms with Crippen molar-refractivity contribution in [1.29, 1.82) is 0 Å². The molecule has 0 aliphatic heterocycles. The molecule has 1 aromatic heterocycles. The molecule has 0 fully saturated rings. The maximum atomic E-state index is 5.72. The summed E-state index contributed by atoms with van der Waals surface area (Å²) in [6.07, 6.45) is 0. The summed E-state index contributed by atoms with van der Waals surface area (Å²) in [6, 6.07) is 10.6. The fourth-order valence-electron chi connectivity index (χ4n) is 0.998. The first-order valence-electron chi connectivity index (χ1n) is 3.40. The summed E-state index contributed by atoms with van der Waals surface area (Å²) in [6.45, 7) is 0. The summed E-state index contributed by atoms with van der Waals surface area (Å²) in [7, 11) is 0. The van der Waals surface area contributed by atoms with Crippen LogP contribution in [0.1, 0.15) is 0 Å². The minimum atomic E-state index is 0.497. The molecule has 0 unspecified atom stereocenters. The van der Waals surface area contributed by atoms with E-state index in [0.29, 0.717) is 5.15 Å². The van der Waals surface area contributed by atoms with Crippen LogP contribution in [0.4, 0.5) is 0 Å². The van der Waals surface area contributed by atoms with Crippen molar-refractivity contribution in [3.8, 4) is 0 Å². The molecule has 0 aliphatic carbocycles.